The molecule has 0 aromatic carbocycles. The molecule has 1 aliphatic heterocycles. The summed E-state index contributed by atoms with van der Waals surface area (Å²) in [6, 6.07) is 2.60. The minimum absolute atomic E-state index is 0.429. The van der Waals surface area contributed by atoms with E-state index in [4.69, 9.17) is 4.98 Å². The first-order valence-corrected chi connectivity index (χ1v) is 9.82. The summed E-state index contributed by atoms with van der Waals surface area (Å²) in [5.74, 6) is 2.87. The van der Waals surface area contributed by atoms with E-state index in [1.807, 2.05) is 11.7 Å². The van der Waals surface area contributed by atoms with Crippen LogP contribution in [0.25, 0.3) is 0 Å². The highest BCUT2D eigenvalue weighted by atomic mass is 32.1. The van der Waals surface area contributed by atoms with Crippen LogP contribution in [0.15, 0.2) is 6.07 Å². The van der Waals surface area contributed by atoms with Gasteiger partial charge in [0.25, 0.3) is 0 Å². The lowest BCUT2D eigenvalue weighted by atomic mass is 10.1. The smallest absolute Gasteiger partial charge is 0.202 e. The average molecular weight is 347 g/mol. The molecule has 0 amide bonds. The maximum atomic E-state index is 4.77. The minimum Gasteiger partial charge on any atom is -0.356 e. The number of nitrogens with zero attached hydrogens (tertiary/aromatic N) is 5. The first kappa shape index (κ1) is 15.9. The molecule has 0 spiro atoms. The molecule has 2 aromatic rings. The summed E-state index contributed by atoms with van der Waals surface area (Å²) in [5.41, 5.74) is 1.08. The number of rotatable bonds is 4. The van der Waals surface area contributed by atoms with Crippen LogP contribution < -0.4 is 10.2 Å². The van der Waals surface area contributed by atoms with Crippen LogP contribution in [0, 0.1) is 6.92 Å². The third-order valence-electron chi connectivity index (χ3n) is 5.21. The highest BCUT2D eigenvalue weighted by molar-refractivity contribution is 7.09. The van der Waals surface area contributed by atoms with Crippen LogP contribution in [0.1, 0.15) is 56.0 Å². The van der Waals surface area contributed by atoms with Gasteiger partial charge in [-0.1, -0.05) is 12.8 Å². The number of piperidine rings is 1. The molecular formula is C17H26N6S. The lowest BCUT2D eigenvalue weighted by molar-refractivity contribution is 0.518. The quantitative estimate of drug-likeness (QED) is 0.920. The zero-order valence-electron chi connectivity index (χ0n) is 14.5. The van der Waals surface area contributed by atoms with Crippen LogP contribution in [-0.2, 0) is 7.05 Å². The Morgan fingerprint density at radius 2 is 2.04 bits per heavy atom. The molecule has 130 valence electrons. The molecule has 4 rings (SSSR count). The van der Waals surface area contributed by atoms with Crippen LogP contribution >= 0.6 is 11.5 Å². The van der Waals surface area contributed by atoms with Crippen molar-refractivity contribution in [3.63, 3.8) is 0 Å². The number of nitrogens with one attached hydrogen (secondary N) is 1. The summed E-state index contributed by atoms with van der Waals surface area (Å²) < 4.78 is 6.59. The molecule has 1 unspecified atom stereocenters. The molecule has 2 aliphatic rings. The van der Waals surface area contributed by atoms with Gasteiger partial charge in [-0.05, 0) is 32.6 Å². The second-order valence-corrected chi connectivity index (χ2v) is 7.89. The van der Waals surface area contributed by atoms with Crippen LogP contribution in [0.4, 0.5) is 10.9 Å². The van der Waals surface area contributed by atoms with Crippen LogP contribution in [-0.4, -0.2) is 38.3 Å². The maximum Gasteiger partial charge on any atom is 0.202 e. The Labute approximate surface area is 147 Å². The van der Waals surface area contributed by atoms with E-state index in [1.54, 1.807) is 0 Å². The summed E-state index contributed by atoms with van der Waals surface area (Å²) in [6.45, 7) is 4.15. The Bertz CT molecular complexity index is 687. The monoisotopic (exact) mass is 346 g/mol. The van der Waals surface area contributed by atoms with E-state index in [2.05, 4.69) is 32.7 Å². The van der Waals surface area contributed by atoms with Crippen molar-refractivity contribution >= 4 is 22.5 Å². The van der Waals surface area contributed by atoms with E-state index in [1.165, 1.54) is 55.9 Å². The van der Waals surface area contributed by atoms with E-state index < -0.39 is 0 Å². The number of aromatic nitrogens is 4. The molecule has 1 aliphatic carbocycles. The highest BCUT2D eigenvalue weighted by Crippen LogP contribution is 2.34. The molecule has 0 radical (unpaired) electrons. The third-order valence-corrected chi connectivity index (χ3v) is 5.87. The van der Waals surface area contributed by atoms with Gasteiger partial charge in [0.05, 0.1) is 5.69 Å². The Morgan fingerprint density at radius 3 is 2.79 bits per heavy atom. The van der Waals surface area contributed by atoms with Gasteiger partial charge in [-0.2, -0.15) is 9.47 Å². The van der Waals surface area contributed by atoms with Gasteiger partial charge in [0.1, 0.15) is 11.6 Å². The van der Waals surface area contributed by atoms with Gasteiger partial charge in [0.15, 0.2) is 0 Å². The fraction of sp³-hybridized carbons (Fsp3) is 0.706. The van der Waals surface area contributed by atoms with Crippen molar-refractivity contribution in [3.8, 4) is 0 Å². The van der Waals surface area contributed by atoms with Gasteiger partial charge in [0, 0.05) is 49.7 Å². The van der Waals surface area contributed by atoms with Crippen LogP contribution in [0.2, 0.25) is 0 Å². The lowest BCUT2D eigenvalue weighted by Crippen LogP contribution is -2.42. The Kier molecular flexibility index (Phi) is 4.43. The van der Waals surface area contributed by atoms with Crippen LogP contribution in [0.3, 0.4) is 0 Å². The summed E-state index contributed by atoms with van der Waals surface area (Å²) in [7, 11) is 2.03. The van der Waals surface area contributed by atoms with E-state index in [0.717, 1.165) is 29.7 Å². The summed E-state index contributed by atoms with van der Waals surface area (Å²) in [4.78, 5) is 7.20. The summed E-state index contributed by atoms with van der Waals surface area (Å²) >= 11 is 1.53. The molecular weight excluding hydrogens is 320 g/mol. The van der Waals surface area contributed by atoms with E-state index in [9.17, 15) is 0 Å². The number of aryl methyl sites for hydroxylation is 2. The highest BCUT2D eigenvalue weighted by Gasteiger charge is 2.25. The minimum atomic E-state index is 0.429. The fourth-order valence-corrected chi connectivity index (χ4v) is 4.74. The molecule has 1 atom stereocenters. The van der Waals surface area contributed by atoms with Gasteiger partial charge in [-0.3, -0.25) is 4.68 Å². The molecule has 2 aromatic heterocycles. The van der Waals surface area contributed by atoms with Crippen molar-refractivity contribution in [1.29, 1.82) is 0 Å². The maximum absolute atomic E-state index is 4.77. The molecule has 2 fully saturated rings. The normalized spacial score (nSPS) is 22.2. The molecule has 3 heterocycles. The molecule has 1 N–H and O–H groups in total. The van der Waals surface area contributed by atoms with Crippen LogP contribution in [0.5, 0.6) is 0 Å². The zero-order chi connectivity index (χ0) is 16.5. The van der Waals surface area contributed by atoms with Gasteiger partial charge >= 0.3 is 0 Å². The molecule has 24 heavy (non-hydrogen) atoms. The largest absolute Gasteiger partial charge is 0.356 e. The fourth-order valence-electron chi connectivity index (χ4n) is 4.01. The number of hydrogen-bond donors (Lipinski definition) is 1. The standard InChI is InChI=1S/C17H26N6S/c1-12-10-15(22(2)20-12)23-9-5-8-14(11-23)18-17-19-16(21-24-17)13-6-3-4-7-13/h10,13-14H,3-9,11H2,1-2H3,(H,18,19,21). The van der Waals surface area contributed by atoms with Gasteiger partial charge in [-0.25, -0.2) is 4.98 Å². The van der Waals surface area contributed by atoms with Gasteiger partial charge in [0.2, 0.25) is 5.13 Å². The zero-order valence-corrected chi connectivity index (χ0v) is 15.3. The van der Waals surface area contributed by atoms with E-state index in [0.29, 0.717) is 12.0 Å². The van der Waals surface area contributed by atoms with Crippen molar-refractivity contribution < 1.29 is 0 Å². The SMILES string of the molecule is Cc1cc(N2CCCC(Nc3nc(C4CCCC4)ns3)C2)n(C)n1. The predicted octanol–water partition coefficient (Wildman–Crippen LogP) is 3.32. The Balaban J connectivity index is 1.40. The second kappa shape index (κ2) is 6.70. The summed E-state index contributed by atoms with van der Waals surface area (Å²) in [6.07, 6.45) is 7.55. The molecule has 7 heteroatoms. The Morgan fingerprint density at radius 1 is 1.21 bits per heavy atom. The number of hydrogen-bond acceptors (Lipinski definition) is 6. The van der Waals surface area contributed by atoms with Crippen molar-refractivity contribution in [2.24, 2.45) is 7.05 Å². The van der Waals surface area contributed by atoms with Crippen molar-refractivity contribution in [1.82, 2.24) is 19.1 Å². The van der Waals surface area contributed by atoms with E-state index >= 15 is 0 Å². The topological polar surface area (TPSA) is 58.9 Å². The molecule has 1 saturated heterocycles. The van der Waals surface area contributed by atoms with E-state index in [-0.39, 0.29) is 0 Å². The van der Waals surface area contributed by atoms with Crippen molar-refractivity contribution in [2.45, 2.75) is 57.4 Å². The predicted molar refractivity (Wildman–Crippen MR) is 97.9 cm³/mol. The Hall–Kier alpha value is -1.63. The van der Waals surface area contributed by atoms with Gasteiger partial charge in [-0.15, -0.1) is 0 Å². The first-order valence-electron chi connectivity index (χ1n) is 9.05. The van der Waals surface area contributed by atoms with Crippen molar-refractivity contribution in [2.75, 3.05) is 23.3 Å². The molecule has 0 bridgehead atoms. The lowest BCUT2D eigenvalue weighted by Gasteiger charge is -2.34. The van der Waals surface area contributed by atoms with Crippen molar-refractivity contribution in [3.05, 3.63) is 17.6 Å². The second-order valence-electron chi connectivity index (χ2n) is 7.14. The third kappa shape index (κ3) is 3.27. The van der Waals surface area contributed by atoms with Gasteiger partial charge < -0.3 is 10.2 Å². The first-order chi connectivity index (χ1) is 11.7. The molecule has 1 saturated carbocycles. The summed E-state index contributed by atoms with van der Waals surface area (Å²) in [5, 5.41) is 9.09. The number of anilines is 2. The molecule has 6 nitrogen and oxygen atoms in total. The average Bonchev–Trinajstić information content (AvgIpc) is 3.28.